The Hall–Kier alpha value is -3.61. The Morgan fingerprint density at radius 3 is 2.48 bits per heavy atom. The van der Waals surface area contributed by atoms with E-state index in [-0.39, 0.29) is 41.4 Å². The number of Topliss-reactive ketones (excluding diaryl/α,β-unsaturated/α-hetero) is 1. The number of carbonyl (C=O) groups excluding carboxylic acids is 4. The highest BCUT2D eigenvalue weighted by Gasteiger charge is 2.33. The number of carbonyl (C=O) groups is 4. The number of nitrogens with two attached hydrogens (primary N) is 1. The van der Waals surface area contributed by atoms with E-state index in [1.165, 1.54) is 33.3 Å². The Kier molecular flexibility index (Phi) is 13.3. The summed E-state index contributed by atoms with van der Waals surface area (Å²) in [6.45, 7) is 5.92. The summed E-state index contributed by atoms with van der Waals surface area (Å²) in [5, 5.41) is 16.4. The van der Waals surface area contributed by atoms with Crippen LogP contribution in [0.25, 0.3) is 0 Å². The number of rotatable bonds is 6. The van der Waals surface area contributed by atoms with Crippen LogP contribution >= 0.6 is 0 Å². The number of aliphatic hydroxyl groups excluding tert-OH is 1. The zero-order valence-corrected chi connectivity index (χ0v) is 24.9. The SMILES string of the molecule is CO[C@H]1/C=C\C=C(\C)C(=O)NC2=CC(=O)C(NCCF)=C(C[C@@H](C)C[C@H](OC)[C@@H](O)[C@@H](C)/C=C(/C)[C@@H]1OC(N)=O)C2=O. The number of hydrogen-bond acceptors (Lipinski definition) is 9. The van der Waals surface area contributed by atoms with E-state index >= 15 is 0 Å². The molecule has 2 aliphatic rings. The van der Waals surface area contributed by atoms with E-state index in [0.717, 1.165) is 6.08 Å². The predicted molar refractivity (Wildman–Crippen MR) is 154 cm³/mol. The third-order valence-electron chi connectivity index (χ3n) is 7.19. The molecule has 0 unspecified atom stereocenters. The fraction of sp³-hybridized carbons (Fsp3) is 0.533. The third-order valence-corrected chi connectivity index (χ3v) is 7.19. The minimum Gasteiger partial charge on any atom is -0.439 e. The molecule has 0 aromatic rings. The Labute approximate surface area is 245 Å². The van der Waals surface area contributed by atoms with Crippen LogP contribution in [0.5, 0.6) is 0 Å². The number of allylic oxidation sites excluding steroid dienone is 4. The van der Waals surface area contributed by atoms with Gasteiger partial charge < -0.3 is 35.7 Å². The molecule has 2 amide bonds. The molecule has 0 aromatic carbocycles. The first-order valence-electron chi connectivity index (χ1n) is 13.7. The summed E-state index contributed by atoms with van der Waals surface area (Å²) < 4.78 is 29.4. The van der Waals surface area contributed by atoms with Crippen molar-refractivity contribution in [2.75, 3.05) is 27.4 Å². The van der Waals surface area contributed by atoms with Gasteiger partial charge in [-0.2, -0.15) is 0 Å². The standard InChI is InChI=1S/C30H42FN3O8/c1-16-12-20-25(33-11-10-31)22(35)15-21(27(20)37)34-29(38)17(2)8-7-9-23(40-5)28(42-30(32)39)19(4)14-18(3)26(36)24(13-16)41-6/h7-9,14-16,18,23-24,26,28,33,36H,10-13H2,1-6H3,(H2,32,39)(H,34,38)/b9-7-,17-8-,19-14-/t16-,18+,23+,24+,26+,28+/m1/s1. The molecule has 1 heterocycles. The fourth-order valence-electron chi connectivity index (χ4n) is 4.95. The number of nitrogens with one attached hydrogen (secondary N) is 2. The Bertz CT molecular complexity index is 1190. The molecule has 2 bridgehead atoms. The van der Waals surface area contributed by atoms with Gasteiger partial charge in [-0.15, -0.1) is 0 Å². The predicted octanol–water partition coefficient (Wildman–Crippen LogP) is 2.32. The van der Waals surface area contributed by atoms with Crippen molar-refractivity contribution in [1.29, 1.82) is 0 Å². The molecule has 0 saturated carbocycles. The van der Waals surface area contributed by atoms with Gasteiger partial charge in [0, 0.05) is 43.9 Å². The van der Waals surface area contributed by atoms with Crippen molar-refractivity contribution >= 4 is 23.6 Å². The summed E-state index contributed by atoms with van der Waals surface area (Å²) in [5.74, 6) is -2.49. The average molecular weight is 592 g/mol. The van der Waals surface area contributed by atoms with Crippen LogP contribution < -0.4 is 16.4 Å². The first-order chi connectivity index (χ1) is 19.8. The monoisotopic (exact) mass is 591 g/mol. The van der Waals surface area contributed by atoms with Crippen LogP contribution in [0.2, 0.25) is 0 Å². The van der Waals surface area contributed by atoms with Crippen LogP contribution in [0.4, 0.5) is 9.18 Å². The first-order valence-corrected chi connectivity index (χ1v) is 13.7. The van der Waals surface area contributed by atoms with E-state index in [2.05, 4.69) is 10.6 Å². The summed E-state index contributed by atoms with van der Waals surface area (Å²) in [6.07, 6.45) is 3.29. The minimum atomic E-state index is -1.02. The molecule has 0 radical (unpaired) electrons. The Morgan fingerprint density at radius 2 is 1.88 bits per heavy atom. The lowest BCUT2D eigenvalue weighted by Gasteiger charge is -2.30. The van der Waals surface area contributed by atoms with Crippen molar-refractivity contribution in [1.82, 2.24) is 10.6 Å². The van der Waals surface area contributed by atoms with Crippen LogP contribution in [0, 0.1) is 11.8 Å². The van der Waals surface area contributed by atoms with Gasteiger partial charge in [0.15, 0.2) is 6.10 Å². The largest absolute Gasteiger partial charge is 0.439 e. The third kappa shape index (κ3) is 9.20. The van der Waals surface area contributed by atoms with Gasteiger partial charge in [0.2, 0.25) is 11.6 Å². The molecular weight excluding hydrogens is 549 g/mol. The molecule has 12 heteroatoms. The van der Waals surface area contributed by atoms with Crippen LogP contribution in [0.15, 0.2) is 58.5 Å². The number of fused-ring (bicyclic) bond motifs is 2. The van der Waals surface area contributed by atoms with Crippen molar-refractivity contribution < 1.29 is 42.9 Å². The van der Waals surface area contributed by atoms with Crippen LogP contribution in [0.1, 0.15) is 40.5 Å². The van der Waals surface area contributed by atoms with Crippen molar-refractivity contribution in [3.63, 3.8) is 0 Å². The molecular formula is C30H42FN3O8. The summed E-state index contributed by atoms with van der Waals surface area (Å²) in [6, 6.07) is 0. The number of hydrogen-bond donors (Lipinski definition) is 4. The van der Waals surface area contributed by atoms with Crippen molar-refractivity contribution in [3.8, 4) is 0 Å². The van der Waals surface area contributed by atoms with Crippen LogP contribution in [-0.4, -0.2) is 80.5 Å². The van der Waals surface area contributed by atoms with Gasteiger partial charge in [-0.1, -0.05) is 38.2 Å². The lowest BCUT2D eigenvalue weighted by atomic mass is 9.85. The number of alkyl halides is 1. The van der Waals surface area contributed by atoms with E-state index in [4.69, 9.17) is 19.9 Å². The molecule has 2 rings (SSSR count). The smallest absolute Gasteiger partial charge is 0.405 e. The normalized spacial score (nSPS) is 31.7. The summed E-state index contributed by atoms with van der Waals surface area (Å²) in [5.41, 5.74) is 5.99. The molecule has 6 atom stereocenters. The lowest BCUT2D eigenvalue weighted by molar-refractivity contribution is -0.120. The number of methoxy groups -OCH3 is 2. The van der Waals surface area contributed by atoms with Crippen LogP contribution in [0.3, 0.4) is 0 Å². The van der Waals surface area contributed by atoms with Crippen molar-refractivity contribution in [3.05, 3.63) is 58.5 Å². The van der Waals surface area contributed by atoms with E-state index in [9.17, 15) is 28.7 Å². The lowest BCUT2D eigenvalue weighted by Crippen LogP contribution is -2.38. The highest BCUT2D eigenvalue weighted by atomic mass is 19.1. The van der Waals surface area contributed by atoms with Crippen molar-refractivity contribution in [2.45, 2.75) is 65.0 Å². The van der Waals surface area contributed by atoms with Gasteiger partial charge in [-0.3, -0.25) is 14.4 Å². The highest BCUT2D eigenvalue weighted by Crippen LogP contribution is 2.28. The molecule has 11 nitrogen and oxygen atoms in total. The molecule has 0 aromatic heterocycles. The maximum absolute atomic E-state index is 13.5. The maximum Gasteiger partial charge on any atom is 0.405 e. The van der Waals surface area contributed by atoms with E-state index in [1.807, 2.05) is 6.92 Å². The topological polar surface area (TPSA) is 166 Å². The number of aliphatic hydroxyl groups is 1. The molecule has 0 fully saturated rings. The van der Waals surface area contributed by atoms with Gasteiger partial charge >= 0.3 is 6.09 Å². The first kappa shape index (κ1) is 34.6. The summed E-state index contributed by atoms with van der Waals surface area (Å²) in [4.78, 5) is 51.1. The number of primary amides is 1. The Morgan fingerprint density at radius 1 is 1.19 bits per heavy atom. The number of halogens is 1. The average Bonchev–Trinajstić information content (AvgIpc) is 2.94. The van der Waals surface area contributed by atoms with Gasteiger partial charge in [0.05, 0.1) is 23.6 Å². The molecule has 232 valence electrons. The molecule has 1 aliphatic carbocycles. The van der Waals surface area contributed by atoms with Crippen LogP contribution in [-0.2, 0) is 28.6 Å². The minimum absolute atomic E-state index is 0.0175. The number of ketones is 2. The van der Waals surface area contributed by atoms with E-state index in [0.29, 0.717) is 12.0 Å². The van der Waals surface area contributed by atoms with E-state index < -0.39 is 60.6 Å². The number of amides is 2. The summed E-state index contributed by atoms with van der Waals surface area (Å²) in [7, 11) is 2.87. The fourth-order valence-corrected chi connectivity index (χ4v) is 4.95. The zero-order valence-electron chi connectivity index (χ0n) is 24.9. The second kappa shape index (κ2) is 16.1. The zero-order chi connectivity index (χ0) is 31.6. The molecule has 1 aliphatic heterocycles. The number of ether oxygens (including phenoxy) is 3. The van der Waals surface area contributed by atoms with Gasteiger partial charge in [0.1, 0.15) is 12.8 Å². The van der Waals surface area contributed by atoms with Crippen molar-refractivity contribution in [2.24, 2.45) is 17.6 Å². The van der Waals surface area contributed by atoms with Gasteiger partial charge in [-0.05, 0) is 38.2 Å². The van der Waals surface area contributed by atoms with Gasteiger partial charge in [-0.25, -0.2) is 9.18 Å². The quantitative estimate of drug-likeness (QED) is 0.268. The van der Waals surface area contributed by atoms with E-state index in [1.54, 1.807) is 26.0 Å². The second-order valence-electron chi connectivity index (χ2n) is 10.5. The highest BCUT2D eigenvalue weighted by molar-refractivity contribution is 6.23. The summed E-state index contributed by atoms with van der Waals surface area (Å²) >= 11 is 0. The maximum atomic E-state index is 13.5. The molecule has 42 heavy (non-hydrogen) atoms. The molecule has 5 N–H and O–H groups in total. The second-order valence-corrected chi connectivity index (χ2v) is 10.5. The molecule has 0 saturated heterocycles. The molecule has 0 spiro atoms. The van der Waals surface area contributed by atoms with Gasteiger partial charge in [0.25, 0.3) is 5.91 Å². The Balaban J connectivity index is 2.61.